The number of unbranched alkanes of at least 4 members (excludes halogenated alkanes) is 1. The third-order valence-corrected chi connectivity index (χ3v) is 7.33. The van der Waals surface area contributed by atoms with Gasteiger partial charge in [0.25, 0.3) is 0 Å². The second-order valence-corrected chi connectivity index (χ2v) is 11.1. The first-order chi connectivity index (χ1) is 14.0. The average Bonchev–Trinajstić information content (AvgIpc) is 3.16. The third kappa shape index (κ3) is 7.78. The number of allylic oxidation sites excluding steroid dienone is 1. The molecule has 2 rings (SSSR count). The molecule has 0 amide bonds. The Morgan fingerprint density at radius 3 is 2.63 bits per heavy atom. The number of fused-ring (bicyclic) bond motifs is 1. The van der Waals surface area contributed by atoms with Crippen LogP contribution in [-0.4, -0.2) is 59.0 Å². The van der Waals surface area contributed by atoms with E-state index in [0.717, 1.165) is 58.2 Å². The summed E-state index contributed by atoms with van der Waals surface area (Å²) in [6.07, 6.45) is 13.4. The minimum Gasteiger partial charge on any atom is -0.392 e. The van der Waals surface area contributed by atoms with Crippen molar-refractivity contribution in [3.63, 3.8) is 0 Å². The van der Waals surface area contributed by atoms with Crippen molar-refractivity contribution in [2.45, 2.75) is 96.8 Å². The Morgan fingerprint density at radius 1 is 1.23 bits per heavy atom. The van der Waals surface area contributed by atoms with E-state index in [2.05, 4.69) is 63.2 Å². The van der Waals surface area contributed by atoms with Gasteiger partial charge in [-0.2, -0.15) is 0 Å². The Kier molecular flexibility index (Phi) is 9.60. The number of aliphatic hydroxyl groups is 2. The number of aliphatic hydroxyl groups excluding tert-OH is 1. The van der Waals surface area contributed by atoms with Gasteiger partial charge in [-0.25, -0.2) is 0 Å². The molecule has 0 saturated heterocycles. The number of likely N-dealkylation sites (N-methyl/N-ethyl adjacent to an activating group) is 1. The molecule has 3 N–H and O–H groups in total. The topological polar surface area (TPSA) is 55.7 Å². The van der Waals surface area contributed by atoms with Crippen molar-refractivity contribution in [3.05, 3.63) is 23.8 Å². The normalized spacial score (nSPS) is 28.9. The summed E-state index contributed by atoms with van der Waals surface area (Å²) < 4.78 is 0. The Hall–Kier alpha value is -0.680. The van der Waals surface area contributed by atoms with Crippen LogP contribution in [0.25, 0.3) is 0 Å². The van der Waals surface area contributed by atoms with E-state index in [1.54, 1.807) is 5.57 Å². The maximum absolute atomic E-state index is 10.6. The van der Waals surface area contributed by atoms with Crippen LogP contribution in [-0.2, 0) is 0 Å². The van der Waals surface area contributed by atoms with Crippen LogP contribution in [0.2, 0.25) is 0 Å². The molecule has 0 aromatic heterocycles. The zero-order chi connectivity index (χ0) is 22.4. The highest BCUT2D eigenvalue weighted by Crippen LogP contribution is 2.48. The van der Waals surface area contributed by atoms with Gasteiger partial charge in [0.05, 0.1) is 11.7 Å². The molecule has 0 aliphatic heterocycles. The molecule has 2 aliphatic carbocycles. The molecule has 0 unspecified atom stereocenters. The summed E-state index contributed by atoms with van der Waals surface area (Å²) in [5.74, 6) is 1.30. The van der Waals surface area contributed by atoms with Crippen LogP contribution in [0.1, 0.15) is 79.6 Å². The van der Waals surface area contributed by atoms with Crippen LogP contribution in [0, 0.1) is 17.8 Å². The standard InChI is InChI=1S/C26H48N2O2/c1-7-8-12-26(5,30)13-9-10-22-23-18-20(17-21(23)19-24(22)29)11-14-27-15-16-28(6)25(2,3)4/h9-10,17,21-24,27,29-30H,7-8,11-16,18-19H2,1-6H3/t21-,22+,23-,24+,26-/m0/s1. The molecule has 0 heterocycles. The van der Waals surface area contributed by atoms with Crippen molar-refractivity contribution in [2.24, 2.45) is 17.8 Å². The van der Waals surface area contributed by atoms with Gasteiger partial charge < -0.3 is 20.4 Å². The zero-order valence-corrected chi connectivity index (χ0v) is 20.5. The molecule has 0 spiro atoms. The van der Waals surface area contributed by atoms with Crippen LogP contribution in [0.5, 0.6) is 0 Å². The highest BCUT2D eigenvalue weighted by atomic mass is 16.3. The smallest absolute Gasteiger partial charge is 0.0654 e. The largest absolute Gasteiger partial charge is 0.392 e. The van der Waals surface area contributed by atoms with Crippen LogP contribution in [0.15, 0.2) is 23.8 Å². The van der Waals surface area contributed by atoms with E-state index in [4.69, 9.17) is 0 Å². The predicted octanol–water partition coefficient (Wildman–Crippen LogP) is 4.53. The van der Waals surface area contributed by atoms with Gasteiger partial charge in [0.2, 0.25) is 0 Å². The molecule has 0 aromatic rings. The Bertz CT molecular complexity index is 576. The molecule has 2 aliphatic rings. The van der Waals surface area contributed by atoms with Gasteiger partial charge in [0.15, 0.2) is 0 Å². The fraction of sp³-hybridized carbons (Fsp3) is 0.846. The van der Waals surface area contributed by atoms with Crippen LogP contribution >= 0.6 is 0 Å². The summed E-state index contributed by atoms with van der Waals surface area (Å²) in [4.78, 5) is 2.39. The predicted molar refractivity (Wildman–Crippen MR) is 128 cm³/mol. The van der Waals surface area contributed by atoms with Crippen molar-refractivity contribution in [1.29, 1.82) is 0 Å². The number of nitrogens with zero attached hydrogens (tertiary/aromatic N) is 1. The Labute approximate surface area is 185 Å². The van der Waals surface area contributed by atoms with E-state index in [0.29, 0.717) is 18.3 Å². The summed E-state index contributed by atoms with van der Waals surface area (Å²) in [5, 5.41) is 24.7. The minimum atomic E-state index is -0.624. The monoisotopic (exact) mass is 420 g/mol. The van der Waals surface area contributed by atoms with Gasteiger partial charge in [0.1, 0.15) is 0 Å². The first-order valence-electron chi connectivity index (χ1n) is 12.2. The summed E-state index contributed by atoms with van der Waals surface area (Å²) in [5.41, 5.74) is 1.16. The fourth-order valence-electron chi connectivity index (χ4n) is 4.89. The summed E-state index contributed by atoms with van der Waals surface area (Å²) in [7, 11) is 2.19. The molecule has 1 saturated carbocycles. The van der Waals surface area contributed by atoms with E-state index < -0.39 is 5.60 Å². The van der Waals surface area contributed by atoms with Gasteiger partial charge in [-0.05, 0) is 85.2 Å². The molecular formula is C26H48N2O2. The minimum absolute atomic E-state index is 0.222. The maximum Gasteiger partial charge on any atom is 0.0654 e. The highest BCUT2D eigenvalue weighted by Gasteiger charge is 2.43. The number of nitrogens with one attached hydrogen (secondary N) is 1. The first-order valence-corrected chi connectivity index (χ1v) is 12.2. The van der Waals surface area contributed by atoms with E-state index in [1.165, 1.54) is 0 Å². The zero-order valence-electron chi connectivity index (χ0n) is 20.5. The van der Waals surface area contributed by atoms with Gasteiger partial charge in [0, 0.05) is 24.5 Å². The Balaban J connectivity index is 1.73. The lowest BCUT2D eigenvalue weighted by molar-refractivity contribution is 0.0513. The van der Waals surface area contributed by atoms with Crippen molar-refractivity contribution in [3.8, 4) is 0 Å². The molecule has 0 bridgehead atoms. The molecule has 30 heavy (non-hydrogen) atoms. The number of hydrogen-bond acceptors (Lipinski definition) is 4. The molecule has 0 aromatic carbocycles. The summed E-state index contributed by atoms with van der Waals surface area (Å²) in [6, 6.07) is 0. The quantitative estimate of drug-likeness (QED) is 0.321. The Morgan fingerprint density at radius 2 is 1.97 bits per heavy atom. The average molecular weight is 421 g/mol. The lowest BCUT2D eigenvalue weighted by Crippen LogP contribution is -2.42. The molecule has 4 nitrogen and oxygen atoms in total. The van der Waals surface area contributed by atoms with E-state index in [-0.39, 0.29) is 17.6 Å². The van der Waals surface area contributed by atoms with Crippen LogP contribution in [0.4, 0.5) is 0 Å². The molecule has 4 heteroatoms. The van der Waals surface area contributed by atoms with Crippen molar-refractivity contribution < 1.29 is 10.2 Å². The van der Waals surface area contributed by atoms with E-state index in [9.17, 15) is 10.2 Å². The summed E-state index contributed by atoms with van der Waals surface area (Å²) >= 11 is 0. The van der Waals surface area contributed by atoms with Crippen molar-refractivity contribution in [1.82, 2.24) is 10.2 Å². The highest BCUT2D eigenvalue weighted by molar-refractivity contribution is 5.21. The molecule has 0 radical (unpaired) electrons. The maximum atomic E-state index is 10.6. The van der Waals surface area contributed by atoms with Crippen LogP contribution < -0.4 is 5.32 Å². The lowest BCUT2D eigenvalue weighted by atomic mass is 9.88. The van der Waals surface area contributed by atoms with Crippen LogP contribution in [0.3, 0.4) is 0 Å². The second kappa shape index (κ2) is 11.3. The van der Waals surface area contributed by atoms with Gasteiger partial charge >= 0.3 is 0 Å². The van der Waals surface area contributed by atoms with E-state index >= 15 is 0 Å². The number of hydrogen-bond donors (Lipinski definition) is 3. The summed E-state index contributed by atoms with van der Waals surface area (Å²) in [6.45, 7) is 14.0. The second-order valence-electron chi connectivity index (χ2n) is 11.1. The fourth-order valence-corrected chi connectivity index (χ4v) is 4.89. The third-order valence-electron chi connectivity index (χ3n) is 7.33. The van der Waals surface area contributed by atoms with E-state index in [1.807, 2.05) is 6.92 Å². The molecule has 5 atom stereocenters. The molecular weight excluding hydrogens is 372 g/mol. The number of rotatable bonds is 12. The van der Waals surface area contributed by atoms with Gasteiger partial charge in [-0.1, -0.05) is 43.6 Å². The first kappa shape index (κ1) is 25.6. The van der Waals surface area contributed by atoms with Gasteiger partial charge in [-0.15, -0.1) is 0 Å². The molecule has 1 fully saturated rings. The van der Waals surface area contributed by atoms with Gasteiger partial charge in [-0.3, -0.25) is 0 Å². The van der Waals surface area contributed by atoms with Crippen molar-refractivity contribution >= 4 is 0 Å². The van der Waals surface area contributed by atoms with Crippen molar-refractivity contribution in [2.75, 3.05) is 26.7 Å². The lowest BCUT2D eigenvalue weighted by Gasteiger charge is -2.31. The molecule has 174 valence electrons. The SMILES string of the molecule is CCCC[C@](C)(O)CC=C[C@@H]1[C@H]2CC(CCNCCN(C)C(C)(C)C)=C[C@H]2C[C@H]1O.